The van der Waals surface area contributed by atoms with Gasteiger partial charge in [0.05, 0.1) is 24.1 Å². The lowest BCUT2D eigenvalue weighted by Gasteiger charge is -2.33. The fourth-order valence-electron chi connectivity index (χ4n) is 2.91. The third-order valence-corrected chi connectivity index (χ3v) is 4.79. The highest BCUT2D eigenvalue weighted by molar-refractivity contribution is 6.31. The minimum Gasteiger partial charge on any atom is -0.466 e. The summed E-state index contributed by atoms with van der Waals surface area (Å²) in [6, 6.07) is 11.1. The summed E-state index contributed by atoms with van der Waals surface area (Å²) in [6.45, 7) is 1.57. The summed E-state index contributed by atoms with van der Waals surface area (Å²) in [7, 11) is 0. The van der Waals surface area contributed by atoms with Gasteiger partial charge in [-0.1, -0.05) is 29.8 Å². The van der Waals surface area contributed by atoms with E-state index in [1.165, 1.54) is 23.9 Å². The van der Waals surface area contributed by atoms with Gasteiger partial charge in [0.15, 0.2) is 0 Å². The predicted molar refractivity (Wildman–Crippen MR) is 105 cm³/mol. The second-order valence-electron chi connectivity index (χ2n) is 6.70. The average molecular weight is 415 g/mol. The lowest BCUT2D eigenvalue weighted by Crippen LogP contribution is -2.56. The Morgan fingerprint density at radius 1 is 1.34 bits per heavy atom. The third kappa shape index (κ3) is 3.66. The van der Waals surface area contributed by atoms with E-state index in [-0.39, 0.29) is 12.4 Å². The van der Waals surface area contributed by atoms with Crippen molar-refractivity contribution in [2.45, 2.75) is 19.1 Å². The van der Waals surface area contributed by atoms with Crippen LogP contribution in [0.3, 0.4) is 0 Å². The molecule has 0 fully saturated rings. The number of hydrogen-bond acceptors (Lipinski definition) is 4. The van der Waals surface area contributed by atoms with E-state index in [4.69, 9.17) is 16.3 Å². The van der Waals surface area contributed by atoms with Crippen LogP contribution in [0.25, 0.3) is 0 Å². The molecule has 0 saturated heterocycles. The number of nitrogens with zero attached hydrogens (tertiary/aromatic N) is 2. The number of carbonyl (C=O) groups excluding carboxylic acids is 2. The number of carbonyl (C=O) groups is 2. The largest absolute Gasteiger partial charge is 0.466 e. The van der Waals surface area contributed by atoms with E-state index in [0.717, 1.165) is 0 Å². The molecule has 2 amide bonds. The van der Waals surface area contributed by atoms with Gasteiger partial charge in [-0.15, -0.1) is 0 Å². The number of ether oxygens (including phenoxy) is 1. The minimum atomic E-state index is -1.78. The number of anilines is 2. The monoisotopic (exact) mass is 414 g/mol. The normalized spacial score (nSPS) is 17.8. The van der Waals surface area contributed by atoms with Crippen molar-refractivity contribution >= 4 is 34.8 Å². The number of aromatic nitrogens is 2. The second kappa shape index (κ2) is 7.21. The Kier molecular flexibility index (Phi) is 4.71. The van der Waals surface area contributed by atoms with Crippen LogP contribution in [0.4, 0.5) is 15.8 Å². The molecular formula is C20H16ClFN4O3. The number of nitrogens with one attached hydrogen (secondary N) is 2. The van der Waals surface area contributed by atoms with E-state index in [0.29, 0.717) is 27.7 Å². The average Bonchev–Trinajstić information content (AvgIpc) is 3.12. The minimum absolute atomic E-state index is 0.199. The van der Waals surface area contributed by atoms with Gasteiger partial charge in [-0.2, -0.15) is 5.10 Å². The van der Waals surface area contributed by atoms with Crippen LogP contribution in [0.15, 0.2) is 54.9 Å². The molecule has 7 nitrogen and oxygen atoms in total. The quantitative estimate of drug-likeness (QED) is 0.640. The molecule has 0 saturated carbocycles. The summed E-state index contributed by atoms with van der Waals surface area (Å²) in [5, 5.41) is 9.80. The van der Waals surface area contributed by atoms with E-state index in [1.54, 1.807) is 42.6 Å². The van der Waals surface area contributed by atoms with E-state index >= 15 is 0 Å². The summed E-state index contributed by atoms with van der Waals surface area (Å²) in [6.07, 6.45) is 2.96. The standard InChI is InChI=1S/C20H16ClFN4O3/c1-20(19(28)25-16-8-13(21)6-7-17(16)29-20)18(27)24-14-9-23-26(11-14)10-12-4-2-3-5-15(12)22/h2-9,11H,10H2,1H3,(H,24,27)(H,25,28). The fourth-order valence-corrected chi connectivity index (χ4v) is 3.08. The molecule has 1 aromatic heterocycles. The highest BCUT2D eigenvalue weighted by atomic mass is 35.5. The summed E-state index contributed by atoms with van der Waals surface area (Å²) < 4.78 is 21.0. The van der Waals surface area contributed by atoms with Crippen molar-refractivity contribution in [1.82, 2.24) is 9.78 Å². The van der Waals surface area contributed by atoms with Gasteiger partial charge in [-0.25, -0.2) is 4.39 Å². The van der Waals surface area contributed by atoms with Crippen molar-refractivity contribution in [2.75, 3.05) is 10.6 Å². The van der Waals surface area contributed by atoms with Crippen LogP contribution in [0.1, 0.15) is 12.5 Å². The van der Waals surface area contributed by atoms with Gasteiger partial charge in [-0.05, 0) is 31.2 Å². The Morgan fingerprint density at radius 2 is 2.14 bits per heavy atom. The van der Waals surface area contributed by atoms with Crippen molar-refractivity contribution in [3.05, 3.63) is 71.3 Å². The van der Waals surface area contributed by atoms with Crippen LogP contribution in [-0.2, 0) is 16.1 Å². The van der Waals surface area contributed by atoms with E-state index in [1.807, 2.05) is 0 Å². The van der Waals surface area contributed by atoms with Crippen LogP contribution in [0.5, 0.6) is 5.75 Å². The van der Waals surface area contributed by atoms with Crippen molar-refractivity contribution in [1.29, 1.82) is 0 Å². The summed E-state index contributed by atoms with van der Waals surface area (Å²) >= 11 is 5.92. The number of fused-ring (bicyclic) bond motifs is 1. The van der Waals surface area contributed by atoms with Gasteiger partial charge in [-0.3, -0.25) is 14.3 Å². The van der Waals surface area contributed by atoms with E-state index < -0.39 is 17.4 Å². The third-order valence-electron chi connectivity index (χ3n) is 4.55. The smallest absolute Gasteiger partial charge is 0.278 e. The Morgan fingerprint density at radius 3 is 2.93 bits per heavy atom. The molecule has 1 atom stereocenters. The molecule has 0 radical (unpaired) electrons. The molecule has 9 heteroatoms. The number of amides is 2. The van der Waals surface area contributed by atoms with Crippen LogP contribution in [-0.4, -0.2) is 27.2 Å². The van der Waals surface area contributed by atoms with Crippen LogP contribution in [0, 0.1) is 5.82 Å². The zero-order valence-electron chi connectivity index (χ0n) is 15.3. The van der Waals surface area contributed by atoms with E-state index in [2.05, 4.69) is 15.7 Å². The van der Waals surface area contributed by atoms with Crippen LogP contribution in [0.2, 0.25) is 5.02 Å². The van der Waals surface area contributed by atoms with Gasteiger partial charge >= 0.3 is 0 Å². The first kappa shape index (κ1) is 18.9. The maximum atomic E-state index is 13.8. The molecule has 0 spiro atoms. The molecule has 2 heterocycles. The van der Waals surface area contributed by atoms with Crippen molar-refractivity contribution < 1.29 is 18.7 Å². The Labute approximate surface area is 170 Å². The molecular weight excluding hydrogens is 399 g/mol. The Hall–Kier alpha value is -3.39. The number of halogens is 2. The van der Waals surface area contributed by atoms with Crippen molar-refractivity contribution in [2.24, 2.45) is 0 Å². The Bertz CT molecular complexity index is 1120. The maximum absolute atomic E-state index is 13.8. The van der Waals surface area contributed by atoms with Crippen LogP contribution < -0.4 is 15.4 Å². The highest BCUT2D eigenvalue weighted by Crippen LogP contribution is 2.36. The van der Waals surface area contributed by atoms with Crippen molar-refractivity contribution in [3.63, 3.8) is 0 Å². The number of hydrogen-bond donors (Lipinski definition) is 2. The molecule has 29 heavy (non-hydrogen) atoms. The molecule has 3 aromatic rings. The van der Waals surface area contributed by atoms with Gasteiger partial charge in [0.25, 0.3) is 17.4 Å². The fraction of sp³-hybridized carbons (Fsp3) is 0.150. The van der Waals surface area contributed by atoms with Gasteiger partial charge in [0, 0.05) is 16.8 Å². The van der Waals surface area contributed by atoms with Gasteiger partial charge in [0.2, 0.25) is 0 Å². The summed E-state index contributed by atoms with van der Waals surface area (Å²) in [5.41, 5.74) is -0.573. The first-order chi connectivity index (χ1) is 13.8. The first-order valence-electron chi connectivity index (χ1n) is 8.72. The first-order valence-corrected chi connectivity index (χ1v) is 9.10. The number of benzene rings is 2. The molecule has 4 rings (SSSR count). The summed E-state index contributed by atoms with van der Waals surface area (Å²) in [4.78, 5) is 25.3. The second-order valence-corrected chi connectivity index (χ2v) is 7.14. The van der Waals surface area contributed by atoms with Crippen LogP contribution >= 0.6 is 11.6 Å². The molecule has 1 aliphatic heterocycles. The molecule has 1 unspecified atom stereocenters. The molecule has 2 aromatic carbocycles. The highest BCUT2D eigenvalue weighted by Gasteiger charge is 2.47. The molecule has 2 N–H and O–H groups in total. The van der Waals surface area contributed by atoms with Gasteiger partial charge < -0.3 is 15.4 Å². The summed E-state index contributed by atoms with van der Waals surface area (Å²) in [5.74, 6) is -1.29. The lowest BCUT2D eigenvalue weighted by molar-refractivity contribution is -0.143. The topological polar surface area (TPSA) is 85.2 Å². The zero-order valence-corrected chi connectivity index (χ0v) is 16.0. The Balaban J connectivity index is 1.49. The molecule has 1 aliphatic rings. The SMILES string of the molecule is CC1(C(=O)Nc2cnn(Cc3ccccc3F)c2)Oc2ccc(Cl)cc2NC1=O. The van der Waals surface area contributed by atoms with Gasteiger partial charge in [0.1, 0.15) is 11.6 Å². The lowest BCUT2D eigenvalue weighted by atomic mass is 10.0. The van der Waals surface area contributed by atoms with E-state index in [9.17, 15) is 14.0 Å². The molecule has 0 bridgehead atoms. The maximum Gasteiger partial charge on any atom is 0.278 e. The van der Waals surface area contributed by atoms with Crippen molar-refractivity contribution in [3.8, 4) is 5.75 Å². The molecule has 0 aliphatic carbocycles. The zero-order chi connectivity index (χ0) is 20.6. The number of rotatable bonds is 4. The predicted octanol–water partition coefficient (Wildman–Crippen LogP) is 3.45. The molecule has 148 valence electrons.